The summed E-state index contributed by atoms with van der Waals surface area (Å²) in [6.07, 6.45) is 0.958. The van der Waals surface area contributed by atoms with E-state index in [0.29, 0.717) is 11.4 Å². The lowest BCUT2D eigenvalue weighted by Crippen LogP contribution is -2.34. The van der Waals surface area contributed by atoms with E-state index in [9.17, 15) is 13.2 Å². The molecule has 7 nitrogen and oxygen atoms in total. The summed E-state index contributed by atoms with van der Waals surface area (Å²) in [6, 6.07) is 7.63. The van der Waals surface area contributed by atoms with Gasteiger partial charge in [-0.15, -0.1) is 0 Å². The zero-order chi connectivity index (χ0) is 16.6. The third-order valence-corrected chi connectivity index (χ3v) is 4.69. The number of nitrogens with one attached hydrogen (secondary N) is 2. The number of amides is 1. The van der Waals surface area contributed by atoms with Gasteiger partial charge in [-0.3, -0.25) is 9.52 Å². The van der Waals surface area contributed by atoms with Crippen molar-refractivity contribution < 1.29 is 17.9 Å². The molecule has 0 saturated carbocycles. The first-order chi connectivity index (χ1) is 10.8. The SMILES string of the molecule is Cc1ccc(NS(=O)(=O)c2ccc3c(c2)NC(=O)C(C)O3)nc1. The molecular formula is C15H15N3O4S. The number of aryl methyl sites for hydroxylation is 1. The van der Waals surface area contributed by atoms with Crippen LogP contribution in [0.15, 0.2) is 41.4 Å². The van der Waals surface area contributed by atoms with Gasteiger partial charge < -0.3 is 10.1 Å². The summed E-state index contributed by atoms with van der Waals surface area (Å²) in [5.41, 5.74) is 1.25. The Kier molecular flexibility index (Phi) is 3.69. The topological polar surface area (TPSA) is 97.4 Å². The summed E-state index contributed by atoms with van der Waals surface area (Å²) in [7, 11) is -3.81. The van der Waals surface area contributed by atoms with Gasteiger partial charge >= 0.3 is 0 Å². The lowest BCUT2D eigenvalue weighted by molar-refractivity contribution is -0.122. The highest BCUT2D eigenvalue weighted by Crippen LogP contribution is 2.32. The van der Waals surface area contributed by atoms with Crippen molar-refractivity contribution >= 4 is 27.4 Å². The van der Waals surface area contributed by atoms with Crippen LogP contribution in [0.25, 0.3) is 0 Å². The number of fused-ring (bicyclic) bond motifs is 1. The number of ether oxygens (including phenoxy) is 1. The van der Waals surface area contributed by atoms with Crippen LogP contribution in [0, 0.1) is 6.92 Å². The Bertz CT molecular complexity index is 863. The molecule has 2 aromatic rings. The van der Waals surface area contributed by atoms with Gasteiger partial charge in [0.2, 0.25) is 0 Å². The molecule has 1 atom stereocenters. The van der Waals surface area contributed by atoms with Crippen LogP contribution in [0.3, 0.4) is 0 Å². The van der Waals surface area contributed by atoms with E-state index >= 15 is 0 Å². The van der Waals surface area contributed by atoms with Gasteiger partial charge in [0.05, 0.1) is 10.6 Å². The van der Waals surface area contributed by atoms with E-state index in [0.717, 1.165) is 5.56 Å². The number of carbonyl (C=O) groups excluding carboxylic acids is 1. The zero-order valence-corrected chi connectivity index (χ0v) is 13.3. The van der Waals surface area contributed by atoms with E-state index in [1.165, 1.54) is 18.2 Å². The van der Waals surface area contributed by atoms with Gasteiger partial charge in [-0.2, -0.15) is 0 Å². The molecule has 1 aliphatic rings. The van der Waals surface area contributed by atoms with Crippen LogP contribution in [-0.2, 0) is 14.8 Å². The van der Waals surface area contributed by atoms with Crippen molar-refractivity contribution in [3.8, 4) is 5.75 Å². The van der Waals surface area contributed by atoms with E-state index in [-0.39, 0.29) is 16.6 Å². The first kappa shape index (κ1) is 15.3. The Hall–Kier alpha value is -2.61. The fourth-order valence-corrected chi connectivity index (χ4v) is 3.11. The molecular weight excluding hydrogens is 318 g/mol. The summed E-state index contributed by atoms with van der Waals surface area (Å²) < 4.78 is 32.6. The zero-order valence-electron chi connectivity index (χ0n) is 12.5. The van der Waals surface area contributed by atoms with Gasteiger partial charge in [-0.25, -0.2) is 13.4 Å². The lowest BCUT2D eigenvalue weighted by Gasteiger charge is -2.23. The number of nitrogens with zero attached hydrogens (tertiary/aromatic N) is 1. The second-order valence-corrected chi connectivity index (χ2v) is 6.92. The quantitative estimate of drug-likeness (QED) is 0.894. The minimum atomic E-state index is -3.81. The summed E-state index contributed by atoms with van der Waals surface area (Å²) in [5.74, 6) is 0.340. The van der Waals surface area contributed by atoms with Gasteiger partial charge in [0.15, 0.2) is 6.10 Å². The van der Waals surface area contributed by atoms with Gasteiger partial charge in [-0.05, 0) is 43.7 Å². The summed E-state index contributed by atoms with van der Waals surface area (Å²) >= 11 is 0. The molecule has 0 radical (unpaired) electrons. The van der Waals surface area contributed by atoms with E-state index in [4.69, 9.17) is 4.74 Å². The minimum absolute atomic E-state index is 0.0112. The summed E-state index contributed by atoms with van der Waals surface area (Å²) in [6.45, 7) is 3.48. The van der Waals surface area contributed by atoms with Crippen LogP contribution in [0.1, 0.15) is 12.5 Å². The highest BCUT2D eigenvalue weighted by atomic mass is 32.2. The standard InChI is InChI=1S/C15H15N3O4S/c1-9-3-6-14(16-8-9)18-23(20,21)11-4-5-13-12(7-11)17-15(19)10(2)22-13/h3-8,10H,1-2H3,(H,16,18)(H,17,19). The van der Waals surface area contributed by atoms with E-state index in [1.54, 1.807) is 25.3 Å². The van der Waals surface area contributed by atoms with Gasteiger partial charge in [0.1, 0.15) is 11.6 Å². The Labute approximate surface area is 133 Å². The summed E-state index contributed by atoms with van der Waals surface area (Å²) in [4.78, 5) is 15.7. The van der Waals surface area contributed by atoms with E-state index < -0.39 is 16.1 Å². The van der Waals surface area contributed by atoms with Crippen molar-refractivity contribution in [3.63, 3.8) is 0 Å². The van der Waals surface area contributed by atoms with Crippen molar-refractivity contribution in [3.05, 3.63) is 42.1 Å². The van der Waals surface area contributed by atoms with Crippen LogP contribution in [0.5, 0.6) is 5.75 Å². The first-order valence-electron chi connectivity index (χ1n) is 6.92. The molecule has 2 N–H and O–H groups in total. The highest BCUT2D eigenvalue weighted by molar-refractivity contribution is 7.92. The third-order valence-electron chi connectivity index (χ3n) is 3.34. The molecule has 1 aromatic heterocycles. The number of rotatable bonds is 3. The molecule has 120 valence electrons. The fraction of sp³-hybridized carbons (Fsp3) is 0.200. The Morgan fingerprint density at radius 3 is 2.74 bits per heavy atom. The van der Waals surface area contributed by atoms with Crippen LogP contribution in [0.2, 0.25) is 0 Å². The average molecular weight is 333 g/mol. The second-order valence-electron chi connectivity index (χ2n) is 5.23. The molecule has 0 spiro atoms. The summed E-state index contributed by atoms with van der Waals surface area (Å²) in [5, 5.41) is 2.62. The number of carbonyl (C=O) groups is 1. The number of aromatic nitrogens is 1. The molecule has 1 unspecified atom stereocenters. The Balaban J connectivity index is 1.90. The van der Waals surface area contributed by atoms with Crippen molar-refractivity contribution in [2.24, 2.45) is 0 Å². The van der Waals surface area contributed by atoms with Crippen LogP contribution in [-0.4, -0.2) is 25.4 Å². The van der Waals surface area contributed by atoms with Crippen molar-refractivity contribution in [1.29, 1.82) is 0 Å². The minimum Gasteiger partial charge on any atom is -0.479 e. The predicted octanol–water partition coefficient (Wildman–Crippen LogP) is 1.91. The average Bonchev–Trinajstić information content (AvgIpc) is 2.50. The Morgan fingerprint density at radius 2 is 2.04 bits per heavy atom. The fourth-order valence-electron chi connectivity index (χ4n) is 2.08. The van der Waals surface area contributed by atoms with E-state index in [1.807, 2.05) is 6.92 Å². The predicted molar refractivity (Wildman–Crippen MR) is 84.9 cm³/mol. The molecule has 0 fully saturated rings. The largest absolute Gasteiger partial charge is 0.479 e. The normalized spacial score (nSPS) is 17.0. The Morgan fingerprint density at radius 1 is 1.26 bits per heavy atom. The number of benzene rings is 1. The molecule has 2 heterocycles. The highest BCUT2D eigenvalue weighted by Gasteiger charge is 2.25. The lowest BCUT2D eigenvalue weighted by atomic mass is 10.2. The van der Waals surface area contributed by atoms with Gasteiger partial charge in [0.25, 0.3) is 15.9 Å². The molecule has 0 bridgehead atoms. The second kappa shape index (κ2) is 5.54. The van der Waals surface area contributed by atoms with Crippen molar-refractivity contribution in [2.45, 2.75) is 24.8 Å². The maximum Gasteiger partial charge on any atom is 0.265 e. The smallest absolute Gasteiger partial charge is 0.265 e. The number of anilines is 2. The molecule has 1 amide bonds. The van der Waals surface area contributed by atoms with Crippen molar-refractivity contribution in [2.75, 3.05) is 10.0 Å². The number of sulfonamides is 1. The molecule has 23 heavy (non-hydrogen) atoms. The van der Waals surface area contributed by atoms with Crippen LogP contribution in [0.4, 0.5) is 11.5 Å². The van der Waals surface area contributed by atoms with Crippen LogP contribution < -0.4 is 14.8 Å². The molecule has 1 aliphatic heterocycles. The maximum atomic E-state index is 12.4. The molecule has 8 heteroatoms. The third kappa shape index (κ3) is 3.11. The van der Waals surface area contributed by atoms with Gasteiger partial charge in [-0.1, -0.05) is 6.07 Å². The maximum absolute atomic E-state index is 12.4. The number of hydrogen-bond acceptors (Lipinski definition) is 5. The molecule has 1 aromatic carbocycles. The molecule has 0 aliphatic carbocycles. The number of hydrogen-bond donors (Lipinski definition) is 2. The first-order valence-corrected chi connectivity index (χ1v) is 8.40. The van der Waals surface area contributed by atoms with Gasteiger partial charge in [0, 0.05) is 6.20 Å². The van der Waals surface area contributed by atoms with Crippen molar-refractivity contribution in [1.82, 2.24) is 4.98 Å². The van der Waals surface area contributed by atoms with E-state index in [2.05, 4.69) is 15.0 Å². The monoisotopic (exact) mass is 333 g/mol. The van der Waals surface area contributed by atoms with Crippen LogP contribution >= 0.6 is 0 Å². The molecule has 0 saturated heterocycles. The molecule has 3 rings (SSSR count). The number of pyridine rings is 1.